The van der Waals surface area contributed by atoms with Crippen molar-refractivity contribution in [2.24, 2.45) is 5.73 Å². The van der Waals surface area contributed by atoms with Crippen molar-refractivity contribution in [2.45, 2.75) is 30.7 Å². The summed E-state index contributed by atoms with van der Waals surface area (Å²) in [7, 11) is 0. The van der Waals surface area contributed by atoms with Gasteiger partial charge in [-0.25, -0.2) is 0 Å². The molecule has 3 unspecified atom stereocenters. The van der Waals surface area contributed by atoms with Crippen molar-refractivity contribution in [2.75, 3.05) is 12.3 Å². The Balaban J connectivity index is 2.02. The van der Waals surface area contributed by atoms with Gasteiger partial charge in [0.05, 0.1) is 11.0 Å². The second-order valence-corrected chi connectivity index (χ2v) is 5.42. The smallest absolute Gasteiger partial charge is 0.0899 e. The molecule has 2 heterocycles. The summed E-state index contributed by atoms with van der Waals surface area (Å²) in [5.74, 6) is 1.28. The normalized spacial score (nSPS) is 37.1. The predicted octanol–water partition coefficient (Wildman–Crippen LogP) is 0.851. The lowest BCUT2D eigenvalue weighted by Crippen LogP contribution is -2.46. The summed E-state index contributed by atoms with van der Waals surface area (Å²) in [4.78, 5) is 3.11. The van der Waals surface area contributed by atoms with Crippen LogP contribution in [-0.4, -0.2) is 39.5 Å². The molecular formula is C8H14N2S2. The van der Waals surface area contributed by atoms with E-state index >= 15 is 0 Å². The number of rotatable bonds is 2. The number of nitrogens with zero attached hydrogens (tertiary/aromatic N) is 1. The van der Waals surface area contributed by atoms with Crippen molar-refractivity contribution in [3.05, 3.63) is 0 Å². The number of likely N-dealkylation sites (tertiary alicyclic amines) is 1. The Morgan fingerprint density at radius 2 is 2.50 bits per heavy atom. The molecule has 2 aliphatic rings. The maximum Gasteiger partial charge on any atom is 0.0899 e. The molecule has 0 radical (unpaired) electrons. The molecule has 0 amide bonds. The van der Waals surface area contributed by atoms with E-state index in [1.165, 1.54) is 18.7 Å². The zero-order valence-corrected chi connectivity index (χ0v) is 8.83. The van der Waals surface area contributed by atoms with Crippen molar-refractivity contribution in [3.8, 4) is 0 Å². The topological polar surface area (TPSA) is 29.3 Å². The molecule has 68 valence electrons. The number of hydrogen-bond acceptors (Lipinski definition) is 3. The molecule has 0 aromatic carbocycles. The molecular weight excluding hydrogens is 188 g/mol. The highest BCUT2D eigenvalue weighted by atomic mass is 32.2. The van der Waals surface area contributed by atoms with Crippen LogP contribution >= 0.6 is 24.0 Å². The number of fused-ring (bicyclic) bond motifs is 2. The van der Waals surface area contributed by atoms with Gasteiger partial charge >= 0.3 is 0 Å². The summed E-state index contributed by atoms with van der Waals surface area (Å²) >= 11 is 7.10. The molecule has 0 aromatic rings. The second-order valence-electron chi connectivity index (χ2n) is 3.62. The van der Waals surface area contributed by atoms with Crippen LogP contribution in [0.2, 0.25) is 0 Å². The molecule has 3 atom stereocenters. The van der Waals surface area contributed by atoms with E-state index in [4.69, 9.17) is 18.0 Å². The van der Waals surface area contributed by atoms with Gasteiger partial charge in [-0.2, -0.15) is 11.8 Å². The Morgan fingerprint density at radius 1 is 1.75 bits per heavy atom. The molecule has 4 heteroatoms. The maximum atomic E-state index is 5.63. The highest BCUT2D eigenvalue weighted by Crippen LogP contribution is 2.38. The molecule has 12 heavy (non-hydrogen) atoms. The lowest BCUT2D eigenvalue weighted by molar-refractivity contribution is 0.249. The lowest BCUT2D eigenvalue weighted by atomic mass is 10.2. The minimum atomic E-state index is 0.302. The molecule has 2 aliphatic heterocycles. The van der Waals surface area contributed by atoms with Gasteiger partial charge in [-0.1, -0.05) is 12.2 Å². The minimum Gasteiger partial charge on any atom is -0.392 e. The molecule has 0 saturated carbocycles. The molecule has 2 nitrogen and oxygen atoms in total. The lowest BCUT2D eigenvalue weighted by Gasteiger charge is -2.31. The zero-order chi connectivity index (χ0) is 8.72. The highest BCUT2D eigenvalue weighted by Gasteiger charge is 2.40. The Hall–Kier alpha value is 0.200. The van der Waals surface area contributed by atoms with E-state index < -0.39 is 0 Å². The van der Waals surface area contributed by atoms with E-state index in [2.05, 4.69) is 23.6 Å². The fourth-order valence-corrected chi connectivity index (χ4v) is 3.66. The van der Waals surface area contributed by atoms with E-state index in [0.717, 1.165) is 11.3 Å². The largest absolute Gasteiger partial charge is 0.392 e. The van der Waals surface area contributed by atoms with Gasteiger partial charge in [0.2, 0.25) is 0 Å². The van der Waals surface area contributed by atoms with E-state index in [-0.39, 0.29) is 0 Å². The van der Waals surface area contributed by atoms with Crippen LogP contribution in [0.5, 0.6) is 0 Å². The number of thiocarbonyl (C=S) groups is 1. The molecule has 2 saturated heterocycles. The van der Waals surface area contributed by atoms with Gasteiger partial charge in [0.1, 0.15) is 0 Å². The summed E-state index contributed by atoms with van der Waals surface area (Å²) in [6.45, 7) is 3.31. The fourth-order valence-electron chi connectivity index (χ4n) is 2.07. The van der Waals surface area contributed by atoms with Crippen molar-refractivity contribution in [1.82, 2.24) is 4.90 Å². The maximum absolute atomic E-state index is 5.63. The van der Waals surface area contributed by atoms with Crippen LogP contribution in [0.15, 0.2) is 0 Å². The molecule has 0 aliphatic carbocycles. The van der Waals surface area contributed by atoms with E-state index in [1.807, 2.05) is 0 Å². The first kappa shape index (κ1) is 8.78. The van der Waals surface area contributed by atoms with Crippen LogP contribution in [0, 0.1) is 0 Å². The molecule has 0 spiro atoms. The van der Waals surface area contributed by atoms with Crippen LogP contribution < -0.4 is 5.73 Å². The minimum absolute atomic E-state index is 0.302. The standard InChI is InChI=1S/C8H14N2S2/c1-5(8(9)11)10-3-7-2-6(10)4-12-7/h5-7H,2-4H2,1H3,(H2,9,11). The van der Waals surface area contributed by atoms with Gasteiger partial charge in [0.15, 0.2) is 0 Å². The van der Waals surface area contributed by atoms with Crippen LogP contribution in [0.4, 0.5) is 0 Å². The second kappa shape index (κ2) is 3.16. The average molecular weight is 202 g/mol. The van der Waals surface area contributed by atoms with Crippen LogP contribution in [0.1, 0.15) is 13.3 Å². The Labute approximate surface area is 82.9 Å². The van der Waals surface area contributed by atoms with Gasteiger partial charge in [-0.3, -0.25) is 4.90 Å². The molecule has 2 rings (SSSR count). The molecule has 2 fully saturated rings. The van der Waals surface area contributed by atoms with E-state index in [9.17, 15) is 0 Å². The van der Waals surface area contributed by atoms with E-state index in [0.29, 0.717) is 11.0 Å². The molecule has 0 aromatic heterocycles. The summed E-state index contributed by atoms with van der Waals surface area (Å²) < 4.78 is 0. The van der Waals surface area contributed by atoms with Crippen LogP contribution in [0.25, 0.3) is 0 Å². The van der Waals surface area contributed by atoms with Crippen molar-refractivity contribution in [3.63, 3.8) is 0 Å². The van der Waals surface area contributed by atoms with Gasteiger partial charge < -0.3 is 5.73 Å². The monoisotopic (exact) mass is 202 g/mol. The highest BCUT2D eigenvalue weighted by molar-refractivity contribution is 8.00. The Bertz CT molecular complexity index is 207. The van der Waals surface area contributed by atoms with Crippen molar-refractivity contribution >= 4 is 29.0 Å². The summed E-state index contributed by atoms with van der Waals surface area (Å²) in [6.07, 6.45) is 1.34. The van der Waals surface area contributed by atoms with Crippen LogP contribution in [-0.2, 0) is 0 Å². The fraction of sp³-hybridized carbons (Fsp3) is 0.875. The molecule has 2 N–H and O–H groups in total. The SMILES string of the molecule is CC(C(N)=S)N1CC2CC1CS2. The van der Waals surface area contributed by atoms with Crippen molar-refractivity contribution in [1.29, 1.82) is 0 Å². The van der Waals surface area contributed by atoms with Gasteiger partial charge in [-0.15, -0.1) is 0 Å². The van der Waals surface area contributed by atoms with Gasteiger partial charge in [-0.05, 0) is 13.3 Å². The van der Waals surface area contributed by atoms with Crippen LogP contribution in [0.3, 0.4) is 0 Å². The molecule has 2 bridgehead atoms. The number of thioether (sulfide) groups is 1. The van der Waals surface area contributed by atoms with Crippen molar-refractivity contribution < 1.29 is 0 Å². The first-order valence-electron chi connectivity index (χ1n) is 4.35. The summed E-state index contributed by atoms with van der Waals surface area (Å²) in [6, 6.07) is 1.05. The quantitative estimate of drug-likeness (QED) is 0.672. The number of hydrogen-bond donors (Lipinski definition) is 1. The first-order chi connectivity index (χ1) is 5.68. The third kappa shape index (κ3) is 1.36. The first-order valence-corrected chi connectivity index (χ1v) is 5.81. The summed E-state index contributed by atoms with van der Waals surface area (Å²) in [5.41, 5.74) is 5.63. The number of nitrogens with two attached hydrogens (primary N) is 1. The third-order valence-corrected chi connectivity index (χ3v) is 4.58. The average Bonchev–Trinajstić information content (AvgIpc) is 2.62. The Kier molecular flexibility index (Phi) is 2.31. The van der Waals surface area contributed by atoms with Gasteiger partial charge in [0.25, 0.3) is 0 Å². The van der Waals surface area contributed by atoms with Gasteiger partial charge in [0, 0.05) is 23.6 Å². The van der Waals surface area contributed by atoms with E-state index in [1.54, 1.807) is 0 Å². The summed E-state index contributed by atoms with van der Waals surface area (Å²) in [5, 5.41) is 0.854. The Morgan fingerprint density at radius 3 is 2.92 bits per heavy atom. The third-order valence-electron chi connectivity index (χ3n) is 2.85. The predicted molar refractivity (Wildman–Crippen MR) is 57.6 cm³/mol. The zero-order valence-electron chi connectivity index (χ0n) is 7.19.